The number of hydrogen-bond donors (Lipinski definition) is 2. The molecule has 1 atom stereocenters. The molecule has 1 aliphatic rings. The van der Waals surface area contributed by atoms with Gasteiger partial charge in [-0.25, -0.2) is 4.39 Å². The van der Waals surface area contributed by atoms with Crippen LogP contribution in [0.25, 0.3) is 10.9 Å². The SMILES string of the molecule is O=C1CC[C@@H](CN(Cc2ccncc2)C(=O)c2cc(=O)[nH]c3cc(F)ccc23)N1. The first-order valence-electron chi connectivity index (χ1n) is 9.30. The number of pyridine rings is 2. The third-order valence-corrected chi connectivity index (χ3v) is 4.97. The average Bonchev–Trinajstić information content (AvgIpc) is 3.11. The Bertz CT molecular complexity index is 1130. The number of amides is 2. The number of nitrogens with zero attached hydrogens (tertiary/aromatic N) is 2. The summed E-state index contributed by atoms with van der Waals surface area (Å²) >= 11 is 0. The molecule has 2 amide bonds. The topological polar surface area (TPSA) is 95.2 Å². The Kier molecular flexibility index (Phi) is 5.07. The molecule has 0 saturated carbocycles. The molecule has 3 aromatic rings. The van der Waals surface area contributed by atoms with E-state index in [1.165, 1.54) is 24.3 Å². The molecule has 1 aromatic carbocycles. The van der Waals surface area contributed by atoms with Crippen LogP contribution in [-0.2, 0) is 11.3 Å². The second-order valence-electron chi connectivity index (χ2n) is 7.08. The molecule has 2 N–H and O–H groups in total. The van der Waals surface area contributed by atoms with Gasteiger partial charge in [-0.15, -0.1) is 0 Å². The molecule has 1 aliphatic heterocycles. The molecule has 0 bridgehead atoms. The van der Waals surface area contributed by atoms with Gasteiger partial charge in [0.05, 0.1) is 11.1 Å². The van der Waals surface area contributed by atoms with Crippen LogP contribution in [0, 0.1) is 5.82 Å². The van der Waals surface area contributed by atoms with E-state index in [2.05, 4.69) is 15.3 Å². The van der Waals surface area contributed by atoms with Gasteiger partial charge in [0, 0.05) is 49.4 Å². The van der Waals surface area contributed by atoms with Crippen LogP contribution >= 0.6 is 0 Å². The van der Waals surface area contributed by atoms with Crippen LogP contribution < -0.4 is 10.9 Å². The molecule has 29 heavy (non-hydrogen) atoms. The standard InChI is InChI=1S/C21H19FN4O3/c22-14-1-3-16-17(10-20(28)25-18(16)9-14)21(29)26(11-13-5-7-23-8-6-13)12-15-2-4-19(27)24-15/h1,3,5-10,15H,2,4,11-12H2,(H,24,27)(H,25,28)/t15-/m0/s1. The Labute approximate surface area is 165 Å². The minimum absolute atomic E-state index is 0.0385. The maximum atomic E-state index is 13.6. The molecule has 0 radical (unpaired) electrons. The minimum Gasteiger partial charge on any atom is -0.352 e. The van der Waals surface area contributed by atoms with E-state index in [1.807, 2.05) is 0 Å². The smallest absolute Gasteiger partial charge is 0.255 e. The van der Waals surface area contributed by atoms with Crippen molar-refractivity contribution in [2.75, 3.05) is 6.54 Å². The number of benzene rings is 1. The summed E-state index contributed by atoms with van der Waals surface area (Å²) < 4.78 is 13.6. The maximum Gasteiger partial charge on any atom is 0.255 e. The Morgan fingerprint density at radius 1 is 1.17 bits per heavy atom. The average molecular weight is 394 g/mol. The van der Waals surface area contributed by atoms with Crippen LogP contribution in [0.2, 0.25) is 0 Å². The van der Waals surface area contributed by atoms with Gasteiger partial charge in [0.15, 0.2) is 0 Å². The Morgan fingerprint density at radius 2 is 1.97 bits per heavy atom. The van der Waals surface area contributed by atoms with Gasteiger partial charge in [0.25, 0.3) is 5.91 Å². The summed E-state index contributed by atoms with van der Waals surface area (Å²) in [6, 6.07) is 8.61. The predicted octanol–water partition coefficient (Wildman–Crippen LogP) is 1.98. The number of H-pyrrole nitrogens is 1. The van der Waals surface area contributed by atoms with Crippen molar-refractivity contribution >= 4 is 22.7 Å². The van der Waals surface area contributed by atoms with Crippen LogP contribution in [0.15, 0.2) is 53.6 Å². The Morgan fingerprint density at radius 3 is 2.69 bits per heavy atom. The van der Waals surface area contributed by atoms with Gasteiger partial charge in [-0.3, -0.25) is 19.4 Å². The van der Waals surface area contributed by atoms with E-state index in [1.54, 1.807) is 29.4 Å². The van der Waals surface area contributed by atoms with Gasteiger partial charge in [0.1, 0.15) is 5.82 Å². The molecule has 148 valence electrons. The number of carbonyl (C=O) groups is 2. The zero-order chi connectivity index (χ0) is 20.4. The molecule has 0 aliphatic carbocycles. The van der Waals surface area contributed by atoms with E-state index in [0.717, 1.165) is 5.56 Å². The highest BCUT2D eigenvalue weighted by atomic mass is 19.1. The largest absolute Gasteiger partial charge is 0.352 e. The van der Waals surface area contributed by atoms with Crippen LogP contribution in [-0.4, -0.2) is 39.3 Å². The molecule has 8 heteroatoms. The van der Waals surface area contributed by atoms with Gasteiger partial charge in [-0.2, -0.15) is 0 Å². The fraction of sp³-hybridized carbons (Fsp3) is 0.238. The van der Waals surface area contributed by atoms with Crippen molar-refractivity contribution in [3.63, 3.8) is 0 Å². The van der Waals surface area contributed by atoms with Gasteiger partial charge in [-0.1, -0.05) is 0 Å². The van der Waals surface area contributed by atoms with Gasteiger partial charge < -0.3 is 15.2 Å². The molecule has 1 fully saturated rings. The summed E-state index contributed by atoms with van der Waals surface area (Å²) in [7, 11) is 0. The Hall–Kier alpha value is -3.55. The van der Waals surface area contributed by atoms with Crippen LogP contribution in [0.4, 0.5) is 4.39 Å². The maximum absolute atomic E-state index is 13.6. The van der Waals surface area contributed by atoms with E-state index in [-0.39, 0.29) is 28.9 Å². The molecular weight excluding hydrogens is 375 g/mol. The number of hydrogen-bond acceptors (Lipinski definition) is 4. The minimum atomic E-state index is -0.500. The van der Waals surface area contributed by atoms with E-state index >= 15 is 0 Å². The highest BCUT2D eigenvalue weighted by Gasteiger charge is 2.27. The predicted molar refractivity (Wildman–Crippen MR) is 105 cm³/mol. The zero-order valence-electron chi connectivity index (χ0n) is 15.5. The van der Waals surface area contributed by atoms with Crippen LogP contribution in [0.5, 0.6) is 0 Å². The molecule has 2 aromatic heterocycles. The van der Waals surface area contributed by atoms with Crippen LogP contribution in [0.1, 0.15) is 28.8 Å². The fourth-order valence-electron chi connectivity index (χ4n) is 3.59. The molecular formula is C21H19FN4O3. The number of halogens is 1. The van der Waals surface area contributed by atoms with Crippen molar-refractivity contribution in [3.05, 3.63) is 76.1 Å². The van der Waals surface area contributed by atoms with E-state index < -0.39 is 11.4 Å². The van der Waals surface area contributed by atoms with Gasteiger partial charge in [-0.05, 0) is 42.3 Å². The van der Waals surface area contributed by atoms with Crippen molar-refractivity contribution in [1.29, 1.82) is 0 Å². The third kappa shape index (κ3) is 4.16. The van der Waals surface area contributed by atoms with Crippen molar-refractivity contribution in [2.45, 2.75) is 25.4 Å². The fourth-order valence-corrected chi connectivity index (χ4v) is 3.59. The summed E-state index contributed by atoms with van der Waals surface area (Å²) in [5, 5.41) is 3.33. The first kappa shape index (κ1) is 18.8. The highest BCUT2D eigenvalue weighted by molar-refractivity contribution is 6.06. The second kappa shape index (κ2) is 7.83. The number of fused-ring (bicyclic) bond motifs is 1. The number of rotatable bonds is 5. The quantitative estimate of drug-likeness (QED) is 0.692. The normalized spacial score (nSPS) is 16.0. The summed E-state index contributed by atoms with van der Waals surface area (Å²) in [5.41, 5.74) is 0.850. The molecule has 1 saturated heterocycles. The highest BCUT2D eigenvalue weighted by Crippen LogP contribution is 2.20. The van der Waals surface area contributed by atoms with Crippen molar-refractivity contribution < 1.29 is 14.0 Å². The van der Waals surface area contributed by atoms with Crippen molar-refractivity contribution in [2.24, 2.45) is 0 Å². The molecule has 0 unspecified atom stereocenters. The lowest BCUT2D eigenvalue weighted by Crippen LogP contribution is -2.41. The van der Waals surface area contributed by atoms with Gasteiger partial charge >= 0.3 is 0 Å². The molecule has 7 nitrogen and oxygen atoms in total. The lowest BCUT2D eigenvalue weighted by Gasteiger charge is -2.26. The van der Waals surface area contributed by atoms with Crippen LogP contribution in [0.3, 0.4) is 0 Å². The summed E-state index contributed by atoms with van der Waals surface area (Å²) in [4.78, 5) is 45.2. The zero-order valence-corrected chi connectivity index (χ0v) is 15.5. The number of carbonyl (C=O) groups excluding carboxylic acids is 2. The number of aromatic amines is 1. The first-order chi connectivity index (χ1) is 14.0. The second-order valence-corrected chi connectivity index (χ2v) is 7.08. The van der Waals surface area contributed by atoms with Gasteiger partial charge in [0.2, 0.25) is 11.5 Å². The van der Waals surface area contributed by atoms with E-state index in [4.69, 9.17) is 0 Å². The molecule has 4 rings (SSSR count). The summed E-state index contributed by atoms with van der Waals surface area (Å²) in [6.45, 7) is 0.603. The lowest BCUT2D eigenvalue weighted by atomic mass is 10.1. The lowest BCUT2D eigenvalue weighted by molar-refractivity contribution is -0.119. The summed E-state index contributed by atoms with van der Waals surface area (Å²) in [6.07, 6.45) is 4.34. The first-order valence-corrected chi connectivity index (χ1v) is 9.30. The number of aromatic nitrogens is 2. The van der Waals surface area contributed by atoms with Crippen molar-refractivity contribution in [3.8, 4) is 0 Å². The monoisotopic (exact) mass is 394 g/mol. The van der Waals surface area contributed by atoms with E-state index in [0.29, 0.717) is 31.3 Å². The molecule has 0 spiro atoms. The molecule has 3 heterocycles. The summed E-state index contributed by atoms with van der Waals surface area (Å²) in [5.74, 6) is -0.894. The van der Waals surface area contributed by atoms with E-state index in [9.17, 15) is 18.8 Å². The third-order valence-electron chi connectivity index (χ3n) is 4.97. The Balaban J connectivity index is 1.71. The van der Waals surface area contributed by atoms with Crippen molar-refractivity contribution in [1.82, 2.24) is 20.2 Å². The number of nitrogens with one attached hydrogen (secondary N) is 2.